The van der Waals surface area contributed by atoms with E-state index in [4.69, 9.17) is 0 Å². The van der Waals surface area contributed by atoms with Crippen molar-refractivity contribution in [2.24, 2.45) is 0 Å². The molecular weight excluding hydrogens is 232 g/mol. The van der Waals surface area contributed by atoms with E-state index in [1.165, 1.54) is 11.0 Å². The lowest BCUT2D eigenvalue weighted by atomic mass is 10.1. The predicted octanol–water partition coefficient (Wildman–Crippen LogP) is 0.663. The summed E-state index contributed by atoms with van der Waals surface area (Å²) in [5.41, 5.74) is 1.13. The maximum absolute atomic E-state index is 12.2. The van der Waals surface area contributed by atoms with Crippen LogP contribution in [0.4, 0.5) is 0 Å². The third-order valence-electron chi connectivity index (χ3n) is 3.00. The highest BCUT2D eigenvalue weighted by Crippen LogP contribution is 2.18. The molecular formula is C13H16N2O3. The first-order valence-electron chi connectivity index (χ1n) is 5.93. The smallest absolute Gasteiger partial charge is 0.254 e. The van der Waals surface area contributed by atoms with E-state index in [1.807, 2.05) is 0 Å². The lowest BCUT2D eigenvalue weighted by molar-refractivity contribution is -0.121. The van der Waals surface area contributed by atoms with Gasteiger partial charge in [0.2, 0.25) is 5.91 Å². The lowest BCUT2D eigenvalue weighted by Crippen LogP contribution is -2.37. The fourth-order valence-electron chi connectivity index (χ4n) is 1.90. The van der Waals surface area contributed by atoms with Crippen LogP contribution in [0.25, 0.3) is 0 Å². The molecule has 1 heterocycles. The van der Waals surface area contributed by atoms with Crippen molar-refractivity contribution in [2.45, 2.75) is 13.3 Å². The van der Waals surface area contributed by atoms with Gasteiger partial charge in [-0.1, -0.05) is 6.07 Å². The summed E-state index contributed by atoms with van der Waals surface area (Å²) in [7, 11) is 0. The fourth-order valence-corrected chi connectivity index (χ4v) is 1.90. The number of nitrogens with one attached hydrogen (secondary N) is 1. The van der Waals surface area contributed by atoms with Crippen LogP contribution in [0.2, 0.25) is 0 Å². The zero-order valence-corrected chi connectivity index (χ0v) is 10.3. The van der Waals surface area contributed by atoms with Gasteiger partial charge in [0.25, 0.3) is 5.91 Å². The quantitative estimate of drug-likeness (QED) is 0.767. The summed E-state index contributed by atoms with van der Waals surface area (Å²) < 4.78 is 0. The summed E-state index contributed by atoms with van der Waals surface area (Å²) in [6, 6.07) is 4.81. The van der Waals surface area contributed by atoms with E-state index >= 15 is 0 Å². The molecule has 1 aliphatic rings. The van der Waals surface area contributed by atoms with Crippen molar-refractivity contribution in [3.05, 3.63) is 29.3 Å². The van der Waals surface area contributed by atoms with Gasteiger partial charge in [-0.05, 0) is 31.0 Å². The first-order chi connectivity index (χ1) is 8.58. The van der Waals surface area contributed by atoms with Crippen LogP contribution in [0.5, 0.6) is 5.75 Å². The van der Waals surface area contributed by atoms with Crippen LogP contribution in [-0.2, 0) is 4.79 Å². The maximum Gasteiger partial charge on any atom is 0.254 e. The van der Waals surface area contributed by atoms with Crippen molar-refractivity contribution in [2.75, 3.05) is 19.6 Å². The Labute approximate surface area is 105 Å². The van der Waals surface area contributed by atoms with Gasteiger partial charge in [-0.2, -0.15) is 0 Å². The summed E-state index contributed by atoms with van der Waals surface area (Å²) in [4.78, 5) is 25.1. The Morgan fingerprint density at radius 1 is 1.44 bits per heavy atom. The molecule has 0 saturated carbocycles. The zero-order valence-electron chi connectivity index (χ0n) is 10.3. The molecule has 1 fully saturated rings. The van der Waals surface area contributed by atoms with Crippen molar-refractivity contribution in [3.8, 4) is 5.75 Å². The van der Waals surface area contributed by atoms with Gasteiger partial charge in [-0.3, -0.25) is 9.59 Å². The minimum absolute atomic E-state index is 0.0769. The minimum atomic E-state index is -0.220. The first-order valence-corrected chi connectivity index (χ1v) is 5.93. The number of hydrogen-bond acceptors (Lipinski definition) is 3. The van der Waals surface area contributed by atoms with Crippen LogP contribution in [0.3, 0.4) is 0 Å². The van der Waals surface area contributed by atoms with Gasteiger partial charge in [0.1, 0.15) is 5.75 Å². The Balaban J connectivity index is 2.19. The number of benzene rings is 1. The number of phenols is 1. The second-order valence-corrected chi connectivity index (χ2v) is 4.43. The van der Waals surface area contributed by atoms with Crippen LogP contribution in [0.15, 0.2) is 18.2 Å². The molecule has 0 unspecified atom stereocenters. The molecule has 2 N–H and O–H groups in total. The number of aromatic hydroxyl groups is 1. The van der Waals surface area contributed by atoms with Crippen molar-refractivity contribution in [1.82, 2.24) is 10.2 Å². The number of phenolic OH excluding ortho intramolecular Hbond substituents is 1. The van der Waals surface area contributed by atoms with Crippen LogP contribution in [0, 0.1) is 6.92 Å². The molecule has 18 heavy (non-hydrogen) atoms. The van der Waals surface area contributed by atoms with Gasteiger partial charge in [0, 0.05) is 18.7 Å². The Morgan fingerprint density at radius 3 is 2.94 bits per heavy atom. The number of amides is 2. The SMILES string of the molecule is Cc1ccc(C(=O)N2CCCNC(=O)C2)cc1O. The Morgan fingerprint density at radius 2 is 2.22 bits per heavy atom. The van der Waals surface area contributed by atoms with Crippen LogP contribution < -0.4 is 5.32 Å². The molecule has 2 amide bonds. The molecule has 5 heteroatoms. The molecule has 0 aromatic heterocycles. The van der Waals surface area contributed by atoms with Gasteiger partial charge in [-0.25, -0.2) is 0 Å². The van der Waals surface area contributed by atoms with E-state index < -0.39 is 0 Å². The van der Waals surface area contributed by atoms with E-state index in [2.05, 4.69) is 5.32 Å². The number of carbonyl (C=O) groups excluding carboxylic acids is 2. The van der Waals surface area contributed by atoms with E-state index in [1.54, 1.807) is 19.1 Å². The highest BCUT2D eigenvalue weighted by molar-refractivity contribution is 5.97. The van der Waals surface area contributed by atoms with E-state index in [0.717, 1.165) is 12.0 Å². The number of aryl methyl sites for hydroxylation is 1. The molecule has 1 saturated heterocycles. The average Bonchev–Trinajstić information content (AvgIpc) is 2.56. The third-order valence-corrected chi connectivity index (χ3v) is 3.00. The topological polar surface area (TPSA) is 69.6 Å². The molecule has 1 aliphatic heterocycles. The zero-order chi connectivity index (χ0) is 13.1. The number of nitrogens with zero attached hydrogens (tertiary/aromatic N) is 1. The van der Waals surface area contributed by atoms with E-state index in [-0.39, 0.29) is 24.1 Å². The molecule has 0 bridgehead atoms. The molecule has 0 spiro atoms. The van der Waals surface area contributed by atoms with Gasteiger partial charge in [-0.15, -0.1) is 0 Å². The largest absolute Gasteiger partial charge is 0.508 e. The Hall–Kier alpha value is -2.04. The van der Waals surface area contributed by atoms with Crippen LogP contribution >= 0.6 is 0 Å². The summed E-state index contributed by atoms with van der Waals surface area (Å²) in [6.45, 7) is 2.99. The standard InChI is InChI=1S/C13H16N2O3/c1-9-3-4-10(7-11(9)16)13(18)15-6-2-5-14-12(17)8-15/h3-4,7,16H,2,5-6,8H2,1H3,(H,14,17). The second-order valence-electron chi connectivity index (χ2n) is 4.43. The van der Waals surface area contributed by atoms with Crippen molar-refractivity contribution in [3.63, 3.8) is 0 Å². The number of carbonyl (C=O) groups is 2. The van der Waals surface area contributed by atoms with Crippen molar-refractivity contribution in [1.29, 1.82) is 0 Å². The monoisotopic (exact) mass is 248 g/mol. The predicted molar refractivity (Wildman–Crippen MR) is 66.4 cm³/mol. The summed E-state index contributed by atoms with van der Waals surface area (Å²) in [5, 5.41) is 12.3. The van der Waals surface area contributed by atoms with Gasteiger partial charge in [0.15, 0.2) is 0 Å². The highest BCUT2D eigenvalue weighted by Gasteiger charge is 2.21. The van der Waals surface area contributed by atoms with Gasteiger partial charge < -0.3 is 15.3 Å². The second kappa shape index (κ2) is 5.08. The Bertz CT molecular complexity index is 485. The molecule has 96 valence electrons. The molecule has 1 aromatic carbocycles. The van der Waals surface area contributed by atoms with E-state index in [9.17, 15) is 14.7 Å². The highest BCUT2D eigenvalue weighted by atomic mass is 16.3. The third kappa shape index (κ3) is 2.61. The van der Waals surface area contributed by atoms with Crippen molar-refractivity contribution < 1.29 is 14.7 Å². The summed E-state index contributed by atoms with van der Waals surface area (Å²) in [5.74, 6) is -0.264. The minimum Gasteiger partial charge on any atom is -0.508 e. The van der Waals surface area contributed by atoms with Crippen LogP contribution in [-0.4, -0.2) is 41.5 Å². The summed E-state index contributed by atoms with van der Waals surface area (Å²) in [6.07, 6.45) is 0.745. The summed E-state index contributed by atoms with van der Waals surface area (Å²) >= 11 is 0. The van der Waals surface area contributed by atoms with Gasteiger partial charge >= 0.3 is 0 Å². The number of rotatable bonds is 1. The molecule has 1 aromatic rings. The van der Waals surface area contributed by atoms with Gasteiger partial charge in [0.05, 0.1) is 6.54 Å². The molecule has 5 nitrogen and oxygen atoms in total. The fraction of sp³-hybridized carbons (Fsp3) is 0.385. The normalized spacial score (nSPS) is 16.1. The molecule has 0 atom stereocenters. The molecule has 0 radical (unpaired) electrons. The average molecular weight is 248 g/mol. The Kier molecular flexibility index (Phi) is 3.50. The van der Waals surface area contributed by atoms with Crippen LogP contribution in [0.1, 0.15) is 22.3 Å². The maximum atomic E-state index is 12.2. The number of hydrogen-bond donors (Lipinski definition) is 2. The first kappa shape index (κ1) is 12.4. The molecule has 2 rings (SSSR count). The van der Waals surface area contributed by atoms with Crippen molar-refractivity contribution >= 4 is 11.8 Å². The lowest BCUT2D eigenvalue weighted by Gasteiger charge is -2.19. The van der Waals surface area contributed by atoms with E-state index in [0.29, 0.717) is 18.7 Å². The molecule has 0 aliphatic carbocycles.